The van der Waals surface area contributed by atoms with Crippen molar-refractivity contribution < 1.29 is 0 Å². The molecule has 0 N–H and O–H groups in total. The second kappa shape index (κ2) is 3.15. The average Bonchev–Trinajstić information content (AvgIpc) is 2.32. The molecule has 13 heavy (non-hydrogen) atoms. The fraction of sp³-hybridized carbons (Fsp3) is 0.846. The van der Waals surface area contributed by atoms with Crippen LogP contribution in [-0.4, -0.2) is 0 Å². The Labute approximate surface area is 82.4 Å². The Balaban J connectivity index is 2.17. The summed E-state index contributed by atoms with van der Waals surface area (Å²) in [7, 11) is 0. The Bertz CT molecular complexity index is 216. The molecule has 0 heteroatoms. The van der Waals surface area contributed by atoms with Crippen molar-refractivity contribution in [3.05, 3.63) is 12.2 Å². The lowest BCUT2D eigenvalue weighted by Gasteiger charge is -2.35. The van der Waals surface area contributed by atoms with Crippen LogP contribution < -0.4 is 0 Å². The number of rotatable bonds is 0. The molecule has 0 aliphatic heterocycles. The van der Waals surface area contributed by atoms with Gasteiger partial charge in [0.05, 0.1) is 0 Å². The quantitative estimate of drug-likeness (QED) is 0.494. The van der Waals surface area contributed by atoms with Crippen LogP contribution in [0.5, 0.6) is 0 Å². The number of allylic oxidation sites excluding steroid dienone is 1. The normalized spacial score (nSPS) is 50.7. The van der Waals surface area contributed by atoms with Crippen LogP contribution in [-0.2, 0) is 0 Å². The summed E-state index contributed by atoms with van der Waals surface area (Å²) < 4.78 is 0. The third kappa shape index (κ3) is 1.45. The van der Waals surface area contributed by atoms with Crippen molar-refractivity contribution in [1.29, 1.82) is 0 Å². The van der Waals surface area contributed by atoms with E-state index in [1.165, 1.54) is 19.3 Å². The lowest BCUT2D eigenvalue weighted by Crippen LogP contribution is -2.26. The van der Waals surface area contributed by atoms with Crippen LogP contribution in [0.15, 0.2) is 12.2 Å². The van der Waals surface area contributed by atoms with E-state index in [0.717, 1.165) is 29.6 Å². The predicted molar refractivity (Wildman–Crippen MR) is 57.5 cm³/mol. The van der Waals surface area contributed by atoms with E-state index in [9.17, 15) is 0 Å². The lowest BCUT2D eigenvalue weighted by molar-refractivity contribution is 0.165. The van der Waals surface area contributed by atoms with E-state index in [4.69, 9.17) is 0 Å². The third-order valence-corrected chi connectivity index (χ3v) is 4.41. The van der Waals surface area contributed by atoms with Gasteiger partial charge in [-0.05, 0) is 48.9 Å². The summed E-state index contributed by atoms with van der Waals surface area (Å²) in [6.45, 7) is 11.5. The zero-order chi connectivity index (χ0) is 9.59. The maximum absolute atomic E-state index is 4.29. The molecule has 0 radical (unpaired) electrons. The Hall–Kier alpha value is -0.260. The molecule has 74 valence electrons. The first-order valence-electron chi connectivity index (χ1n) is 5.78. The number of hydrogen-bond donors (Lipinski definition) is 0. The lowest BCUT2D eigenvalue weighted by atomic mass is 9.70. The van der Waals surface area contributed by atoms with Crippen LogP contribution in [0.4, 0.5) is 0 Å². The summed E-state index contributed by atoms with van der Waals surface area (Å²) in [5.41, 5.74) is 1.56. The fourth-order valence-corrected chi connectivity index (χ4v) is 3.66. The van der Waals surface area contributed by atoms with Gasteiger partial charge in [0.25, 0.3) is 0 Å². The molecule has 0 aromatic carbocycles. The average molecular weight is 178 g/mol. The molecule has 0 aromatic heterocycles. The largest absolute Gasteiger partial charge is 0.0993 e. The van der Waals surface area contributed by atoms with Gasteiger partial charge in [0.15, 0.2) is 0 Å². The standard InChI is InChI=1S/C13H22/c1-8-5-10(3)12-7-9(2)11(4)13(12)6-8/h8-10,12-13H,4-7H2,1-3H3. The van der Waals surface area contributed by atoms with Crippen LogP contribution >= 0.6 is 0 Å². The van der Waals surface area contributed by atoms with Gasteiger partial charge in [-0.1, -0.05) is 32.9 Å². The van der Waals surface area contributed by atoms with Crippen LogP contribution in [0.25, 0.3) is 0 Å². The summed E-state index contributed by atoms with van der Waals surface area (Å²) >= 11 is 0. The molecule has 0 aromatic rings. The highest BCUT2D eigenvalue weighted by molar-refractivity contribution is 5.15. The van der Waals surface area contributed by atoms with Crippen molar-refractivity contribution in [2.45, 2.75) is 40.0 Å². The van der Waals surface area contributed by atoms with Gasteiger partial charge in [-0.15, -0.1) is 0 Å². The highest BCUT2D eigenvalue weighted by Gasteiger charge is 2.41. The third-order valence-electron chi connectivity index (χ3n) is 4.41. The molecule has 0 saturated heterocycles. The van der Waals surface area contributed by atoms with Gasteiger partial charge >= 0.3 is 0 Å². The highest BCUT2D eigenvalue weighted by Crippen LogP contribution is 2.51. The van der Waals surface area contributed by atoms with Crippen LogP contribution in [0.1, 0.15) is 40.0 Å². The second-order valence-electron chi connectivity index (χ2n) is 5.54. The first-order valence-corrected chi connectivity index (χ1v) is 5.78. The van der Waals surface area contributed by atoms with Gasteiger partial charge in [0.1, 0.15) is 0 Å². The zero-order valence-electron chi connectivity index (χ0n) is 9.22. The Morgan fingerprint density at radius 1 is 1.08 bits per heavy atom. The van der Waals surface area contributed by atoms with Crippen LogP contribution in [0.2, 0.25) is 0 Å². The molecule has 0 spiro atoms. The molecule has 2 aliphatic carbocycles. The summed E-state index contributed by atoms with van der Waals surface area (Å²) in [4.78, 5) is 0. The van der Waals surface area contributed by atoms with Gasteiger partial charge in [-0.2, -0.15) is 0 Å². The molecule has 0 amide bonds. The van der Waals surface area contributed by atoms with Gasteiger partial charge in [0, 0.05) is 0 Å². The van der Waals surface area contributed by atoms with Crippen molar-refractivity contribution in [2.24, 2.45) is 29.6 Å². The Morgan fingerprint density at radius 2 is 1.77 bits per heavy atom. The first-order chi connectivity index (χ1) is 6.09. The van der Waals surface area contributed by atoms with E-state index >= 15 is 0 Å². The summed E-state index contributed by atoms with van der Waals surface area (Å²) in [6.07, 6.45) is 4.27. The summed E-state index contributed by atoms with van der Waals surface area (Å²) in [5.74, 6) is 4.50. The molecular weight excluding hydrogens is 156 g/mol. The molecule has 5 unspecified atom stereocenters. The van der Waals surface area contributed by atoms with Crippen molar-refractivity contribution in [3.63, 3.8) is 0 Å². The van der Waals surface area contributed by atoms with Gasteiger partial charge in [-0.25, -0.2) is 0 Å². The van der Waals surface area contributed by atoms with Crippen molar-refractivity contribution in [1.82, 2.24) is 0 Å². The summed E-state index contributed by atoms with van der Waals surface area (Å²) in [5, 5.41) is 0. The minimum atomic E-state index is 0.794. The Morgan fingerprint density at radius 3 is 2.46 bits per heavy atom. The maximum atomic E-state index is 4.29. The van der Waals surface area contributed by atoms with E-state index in [0.29, 0.717) is 0 Å². The molecule has 0 nitrogen and oxygen atoms in total. The molecule has 2 fully saturated rings. The van der Waals surface area contributed by atoms with E-state index in [1.807, 2.05) is 0 Å². The molecule has 2 aliphatic rings. The zero-order valence-corrected chi connectivity index (χ0v) is 9.22. The number of hydrogen-bond acceptors (Lipinski definition) is 0. The van der Waals surface area contributed by atoms with Gasteiger partial charge < -0.3 is 0 Å². The molecule has 0 heterocycles. The molecular formula is C13H22. The van der Waals surface area contributed by atoms with Crippen molar-refractivity contribution in [2.75, 3.05) is 0 Å². The van der Waals surface area contributed by atoms with Gasteiger partial charge in [0.2, 0.25) is 0 Å². The minimum absolute atomic E-state index is 0.794. The first kappa shape index (κ1) is 9.30. The van der Waals surface area contributed by atoms with E-state index in [2.05, 4.69) is 27.4 Å². The predicted octanol–water partition coefficient (Wildman–Crippen LogP) is 3.88. The summed E-state index contributed by atoms with van der Waals surface area (Å²) in [6, 6.07) is 0. The minimum Gasteiger partial charge on any atom is -0.0993 e. The van der Waals surface area contributed by atoms with E-state index < -0.39 is 0 Å². The topological polar surface area (TPSA) is 0 Å². The molecule has 5 atom stereocenters. The smallest absolute Gasteiger partial charge is 0.0170 e. The molecule has 2 rings (SSSR count). The van der Waals surface area contributed by atoms with E-state index in [-0.39, 0.29) is 0 Å². The van der Waals surface area contributed by atoms with E-state index in [1.54, 1.807) is 5.57 Å². The van der Waals surface area contributed by atoms with Crippen LogP contribution in [0, 0.1) is 29.6 Å². The van der Waals surface area contributed by atoms with Gasteiger partial charge in [-0.3, -0.25) is 0 Å². The van der Waals surface area contributed by atoms with Crippen molar-refractivity contribution in [3.8, 4) is 0 Å². The van der Waals surface area contributed by atoms with Crippen molar-refractivity contribution >= 4 is 0 Å². The SMILES string of the molecule is C=C1C(C)CC2C(C)CC(C)CC12. The number of fused-ring (bicyclic) bond motifs is 1. The maximum Gasteiger partial charge on any atom is -0.0170 e. The molecule has 2 saturated carbocycles. The second-order valence-corrected chi connectivity index (χ2v) is 5.54. The monoisotopic (exact) mass is 178 g/mol. The fourth-order valence-electron chi connectivity index (χ4n) is 3.66. The molecule has 0 bridgehead atoms. The Kier molecular flexibility index (Phi) is 2.25. The highest BCUT2D eigenvalue weighted by atomic mass is 14.5. The van der Waals surface area contributed by atoms with Crippen LogP contribution in [0.3, 0.4) is 0 Å².